The predicted octanol–water partition coefficient (Wildman–Crippen LogP) is 5.33. The summed E-state index contributed by atoms with van der Waals surface area (Å²) in [6.45, 7) is 2.10. The lowest BCUT2D eigenvalue weighted by molar-refractivity contribution is 0.0601. The van der Waals surface area contributed by atoms with E-state index in [9.17, 15) is 4.79 Å². The first-order chi connectivity index (χ1) is 14.6. The Labute approximate surface area is 175 Å². The SMILES string of the molecule is COC(=O)c1cccc(Nc2nc(NC(C)c3ccccc3)c3ccccc3n2)c1. The largest absolute Gasteiger partial charge is 0.465 e. The van der Waals surface area contributed by atoms with E-state index in [-0.39, 0.29) is 6.04 Å². The van der Waals surface area contributed by atoms with Gasteiger partial charge in [0.25, 0.3) is 0 Å². The van der Waals surface area contributed by atoms with Gasteiger partial charge in [-0.1, -0.05) is 48.5 Å². The van der Waals surface area contributed by atoms with Crippen LogP contribution in [0.3, 0.4) is 0 Å². The summed E-state index contributed by atoms with van der Waals surface area (Å²) in [6, 6.07) is 25.2. The first-order valence-electron chi connectivity index (χ1n) is 9.68. The Morgan fingerprint density at radius 2 is 1.70 bits per heavy atom. The maximum atomic E-state index is 11.8. The number of para-hydroxylation sites is 1. The fraction of sp³-hybridized carbons (Fsp3) is 0.125. The summed E-state index contributed by atoms with van der Waals surface area (Å²) in [6.07, 6.45) is 0. The van der Waals surface area contributed by atoms with Gasteiger partial charge in [-0.3, -0.25) is 0 Å². The van der Waals surface area contributed by atoms with E-state index < -0.39 is 5.97 Å². The van der Waals surface area contributed by atoms with Crippen molar-refractivity contribution < 1.29 is 9.53 Å². The third-order valence-electron chi connectivity index (χ3n) is 4.80. The van der Waals surface area contributed by atoms with E-state index in [0.29, 0.717) is 17.2 Å². The summed E-state index contributed by atoms with van der Waals surface area (Å²) >= 11 is 0. The number of ether oxygens (including phenoxy) is 1. The van der Waals surface area contributed by atoms with Crippen LogP contribution in [-0.2, 0) is 4.74 Å². The molecule has 0 amide bonds. The summed E-state index contributed by atoms with van der Waals surface area (Å²) in [4.78, 5) is 21.1. The van der Waals surface area contributed by atoms with Crippen LogP contribution in [0.25, 0.3) is 10.9 Å². The zero-order chi connectivity index (χ0) is 20.9. The summed E-state index contributed by atoms with van der Waals surface area (Å²) in [5, 5.41) is 7.64. The van der Waals surface area contributed by atoms with Crippen LogP contribution in [-0.4, -0.2) is 23.0 Å². The zero-order valence-electron chi connectivity index (χ0n) is 16.8. The van der Waals surface area contributed by atoms with Gasteiger partial charge < -0.3 is 15.4 Å². The lowest BCUT2D eigenvalue weighted by atomic mass is 10.1. The molecule has 1 unspecified atom stereocenters. The Morgan fingerprint density at radius 3 is 2.50 bits per heavy atom. The van der Waals surface area contributed by atoms with Gasteiger partial charge in [-0.05, 0) is 42.8 Å². The predicted molar refractivity (Wildman–Crippen MR) is 119 cm³/mol. The van der Waals surface area contributed by atoms with Gasteiger partial charge in [0.1, 0.15) is 5.82 Å². The Hall–Kier alpha value is -3.93. The van der Waals surface area contributed by atoms with Crippen molar-refractivity contribution in [2.75, 3.05) is 17.7 Å². The summed E-state index contributed by atoms with van der Waals surface area (Å²) in [5.41, 5.74) is 3.15. The number of anilines is 3. The normalized spacial score (nSPS) is 11.7. The average molecular weight is 398 g/mol. The van der Waals surface area contributed by atoms with E-state index in [2.05, 4.69) is 34.7 Å². The standard InChI is InChI=1S/C24H22N4O2/c1-16(17-9-4-3-5-10-17)25-22-20-13-6-7-14-21(20)27-24(28-22)26-19-12-8-11-18(15-19)23(29)30-2/h3-16H,1-2H3,(H2,25,26,27,28). The van der Waals surface area contributed by atoms with Crippen LogP contribution in [0.1, 0.15) is 28.9 Å². The minimum Gasteiger partial charge on any atom is -0.465 e. The smallest absolute Gasteiger partial charge is 0.337 e. The van der Waals surface area contributed by atoms with Crippen molar-refractivity contribution in [3.05, 3.63) is 90.0 Å². The van der Waals surface area contributed by atoms with Crippen LogP contribution in [0.5, 0.6) is 0 Å². The van der Waals surface area contributed by atoms with Gasteiger partial charge in [-0.2, -0.15) is 4.98 Å². The highest BCUT2D eigenvalue weighted by Crippen LogP contribution is 2.27. The fourth-order valence-corrected chi connectivity index (χ4v) is 3.24. The molecule has 0 saturated heterocycles. The minimum absolute atomic E-state index is 0.0695. The van der Waals surface area contributed by atoms with Crippen LogP contribution >= 0.6 is 0 Å². The first-order valence-corrected chi connectivity index (χ1v) is 9.68. The number of rotatable bonds is 6. The molecule has 0 spiro atoms. The van der Waals surface area contributed by atoms with Gasteiger partial charge in [0.15, 0.2) is 0 Å². The van der Waals surface area contributed by atoms with E-state index in [4.69, 9.17) is 9.72 Å². The molecule has 0 aliphatic rings. The maximum Gasteiger partial charge on any atom is 0.337 e. The van der Waals surface area contributed by atoms with Gasteiger partial charge in [0, 0.05) is 17.1 Å². The molecule has 150 valence electrons. The summed E-state index contributed by atoms with van der Waals surface area (Å²) in [5.74, 6) is 0.791. The molecule has 0 aliphatic carbocycles. The van der Waals surface area contributed by atoms with E-state index >= 15 is 0 Å². The summed E-state index contributed by atoms with van der Waals surface area (Å²) in [7, 11) is 1.36. The molecule has 0 radical (unpaired) electrons. The van der Waals surface area contributed by atoms with Crippen molar-refractivity contribution in [2.24, 2.45) is 0 Å². The Kier molecular flexibility index (Phi) is 5.57. The molecule has 3 aromatic carbocycles. The van der Waals surface area contributed by atoms with E-state index in [0.717, 1.165) is 16.7 Å². The van der Waals surface area contributed by atoms with Gasteiger partial charge in [-0.25, -0.2) is 9.78 Å². The Morgan fingerprint density at radius 1 is 0.933 bits per heavy atom. The Balaban J connectivity index is 1.67. The highest BCUT2D eigenvalue weighted by Gasteiger charge is 2.12. The van der Waals surface area contributed by atoms with Crippen molar-refractivity contribution in [1.82, 2.24) is 9.97 Å². The van der Waals surface area contributed by atoms with E-state index in [1.807, 2.05) is 48.5 Å². The van der Waals surface area contributed by atoms with Crippen molar-refractivity contribution in [3.63, 3.8) is 0 Å². The Bertz CT molecular complexity index is 1180. The molecule has 0 bridgehead atoms. The van der Waals surface area contributed by atoms with Crippen LogP contribution in [0, 0.1) is 0 Å². The highest BCUT2D eigenvalue weighted by molar-refractivity contribution is 5.92. The second-order valence-corrected chi connectivity index (χ2v) is 6.89. The van der Waals surface area contributed by atoms with E-state index in [1.54, 1.807) is 18.2 Å². The number of aromatic nitrogens is 2. The molecule has 4 aromatic rings. The number of nitrogens with zero attached hydrogens (tertiary/aromatic N) is 2. The number of carbonyl (C=O) groups is 1. The van der Waals surface area contributed by atoms with Gasteiger partial charge in [0.2, 0.25) is 5.95 Å². The number of fused-ring (bicyclic) bond motifs is 1. The van der Waals surface area contributed by atoms with Crippen LogP contribution in [0.15, 0.2) is 78.9 Å². The van der Waals surface area contributed by atoms with E-state index in [1.165, 1.54) is 12.7 Å². The van der Waals surface area contributed by atoms with Crippen LogP contribution in [0.2, 0.25) is 0 Å². The monoisotopic (exact) mass is 398 g/mol. The molecule has 0 fully saturated rings. The number of hydrogen-bond acceptors (Lipinski definition) is 6. The van der Waals surface area contributed by atoms with Crippen LogP contribution < -0.4 is 10.6 Å². The van der Waals surface area contributed by atoms with Crippen molar-refractivity contribution in [1.29, 1.82) is 0 Å². The molecular formula is C24H22N4O2. The molecule has 6 nitrogen and oxygen atoms in total. The third-order valence-corrected chi connectivity index (χ3v) is 4.80. The average Bonchev–Trinajstić information content (AvgIpc) is 2.79. The molecular weight excluding hydrogens is 376 g/mol. The van der Waals surface area contributed by atoms with Crippen molar-refractivity contribution in [3.8, 4) is 0 Å². The molecule has 1 heterocycles. The number of carbonyl (C=O) groups excluding carboxylic acids is 1. The highest BCUT2D eigenvalue weighted by atomic mass is 16.5. The van der Waals surface area contributed by atoms with Gasteiger partial charge >= 0.3 is 5.97 Å². The molecule has 30 heavy (non-hydrogen) atoms. The fourth-order valence-electron chi connectivity index (χ4n) is 3.24. The second-order valence-electron chi connectivity index (χ2n) is 6.89. The molecule has 2 N–H and O–H groups in total. The lowest BCUT2D eigenvalue weighted by Gasteiger charge is -2.17. The second kappa shape index (κ2) is 8.61. The molecule has 1 atom stereocenters. The first kappa shape index (κ1) is 19.4. The minimum atomic E-state index is -0.392. The molecule has 4 rings (SSSR count). The molecule has 1 aromatic heterocycles. The summed E-state index contributed by atoms with van der Waals surface area (Å²) < 4.78 is 4.80. The third kappa shape index (κ3) is 4.22. The van der Waals surface area contributed by atoms with Gasteiger partial charge in [0.05, 0.1) is 18.2 Å². The molecule has 0 aliphatic heterocycles. The maximum absolute atomic E-state index is 11.8. The quantitative estimate of drug-likeness (QED) is 0.427. The number of hydrogen-bond donors (Lipinski definition) is 2. The van der Waals surface area contributed by atoms with Crippen molar-refractivity contribution in [2.45, 2.75) is 13.0 Å². The molecule has 6 heteroatoms. The topological polar surface area (TPSA) is 76.1 Å². The zero-order valence-corrected chi connectivity index (χ0v) is 16.8. The molecule has 0 saturated carbocycles. The number of nitrogens with one attached hydrogen (secondary N) is 2. The van der Waals surface area contributed by atoms with Crippen LogP contribution in [0.4, 0.5) is 17.5 Å². The van der Waals surface area contributed by atoms with Crippen molar-refractivity contribution >= 4 is 34.3 Å². The number of benzene rings is 3. The number of esters is 1. The number of methoxy groups -OCH3 is 1. The lowest BCUT2D eigenvalue weighted by Crippen LogP contribution is -2.10. The van der Waals surface area contributed by atoms with Gasteiger partial charge in [-0.15, -0.1) is 0 Å².